The van der Waals surface area contributed by atoms with Crippen molar-refractivity contribution in [3.8, 4) is 0 Å². The molecule has 2 aliphatic rings. The summed E-state index contributed by atoms with van der Waals surface area (Å²) in [6.45, 7) is 2.33. The van der Waals surface area contributed by atoms with Crippen LogP contribution >= 0.6 is 0 Å². The minimum Gasteiger partial charge on any atom is -0.0654 e. The normalized spacial score (nSPS) is 32.8. The SMILES string of the molecule is CCCC[C@H]1CC[C@H](C2CCC(c3ccccc3)CC2)CC1. The molecule has 0 nitrogen and oxygen atoms in total. The van der Waals surface area contributed by atoms with Crippen molar-refractivity contribution < 1.29 is 0 Å². The largest absolute Gasteiger partial charge is 0.0654 e. The van der Waals surface area contributed by atoms with Crippen LogP contribution in [0, 0.1) is 17.8 Å². The molecule has 0 heteroatoms. The van der Waals surface area contributed by atoms with E-state index in [-0.39, 0.29) is 0 Å². The highest BCUT2D eigenvalue weighted by Gasteiger charge is 2.30. The Balaban J connectivity index is 1.43. The fourth-order valence-electron chi connectivity index (χ4n) is 5.09. The summed E-state index contributed by atoms with van der Waals surface area (Å²) in [5.74, 6) is 4.02. The molecular weight excluding hydrogens is 264 g/mol. The highest BCUT2D eigenvalue weighted by atomic mass is 14.4. The van der Waals surface area contributed by atoms with Crippen LogP contribution in [-0.4, -0.2) is 0 Å². The molecule has 22 heavy (non-hydrogen) atoms. The Labute approximate surface area is 137 Å². The smallest absolute Gasteiger partial charge is 0.0162 e. The second kappa shape index (κ2) is 8.18. The summed E-state index contributed by atoms with van der Waals surface area (Å²) in [6, 6.07) is 11.2. The van der Waals surface area contributed by atoms with Gasteiger partial charge in [0.05, 0.1) is 0 Å². The van der Waals surface area contributed by atoms with Crippen molar-refractivity contribution in [2.45, 2.75) is 83.5 Å². The van der Waals surface area contributed by atoms with Gasteiger partial charge in [0.15, 0.2) is 0 Å². The van der Waals surface area contributed by atoms with Gasteiger partial charge >= 0.3 is 0 Å². The first-order valence-corrected chi connectivity index (χ1v) is 9.91. The highest BCUT2D eigenvalue weighted by molar-refractivity contribution is 5.19. The molecule has 0 bridgehead atoms. The predicted molar refractivity (Wildman–Crippen MR) is 96.1 cm³/mol. The van der Waals surface area contributed by atoms with Crippen molar-refractivity contribution in [1.82, 2.24) is 0 Å². The van der Waals surface area contributed by atoms with Crippen molar-refractivity contribution in [2.24, 2.45) is 17.8 Å². The van der Waals surface area contributed by atoms with Crippen LogP contribution in [0.5, 0.6) is 0 Å². The number of rotatable bonds is 5. The van der Waals surface area contributed by atoms with Crippen LogP contribution in [0.1, 0.15) is 89.0 Å². The van der Waals surface area contributed by atoms with Crippen LogP contribution in [0.4, 0.5) is 0 Å². The number of unbranched alkanes of at least 4 members (excludes halogenated alkanes) is 1. The molecule has 2 fully saturated rings. The van der Waals surface area contributed by atoms with E-state index < -0.39 is 0 Å². The van der Waals surface area contributed by atoms with Gasteiger partial charge in [-0.15, -0.1) is 0 Å². The van der Waals surface area contributed by atoms with E-state index in [2.05, 4.69) is 37.3 Å². The zero-order valence-corrected chi connectivity index (χ0v) is 14.5. The van der Waals surface area contributed by atoms with Gasteiger partial charge in [-0.25, -0.2) is 0 Å². The van der Waals surface area contributed by atoms with Crippen LogP contribution in [0.2, 0.25) is 0 Å². The molecule has 1 aromatic carbocycles. The van der Waals surface area contributed by atoms with Gasteiger partial charge in [-0.2, -0.15) is 0 Å². The van der Waals surface area contributed by atoms with E-state index in [4.69, 9.17) is 0 Å². The molecule has 0 radical (unpaired) electrons. The van der Waals surface area contributed by atoms with Crippen molar-refractivity contribution in [1.29, 1.82) is 0 Å². The predicted octanol–water partition coefficient (Wildman–Crippen LogP) is 6.96. The van der Waals surface area contributed by atoms with Gasteiger partial charge in [0.2, 0.25) is 0 Å². The second-order valence-corrected chi connectivity index (χ2v) is 7.95. The fourth-order valence-corrected chi connectivity index (χ4v) is 5.09. The summed E-state index contributed by atoms with van der Waals surface area (Å²) in [7, 11) is 0. The molecule has 0 aliphatic heterocycles. The first-order chi connectivity index (χ1) is 10.9. The second-order valence-electron chi connectivity index (χ2n) is 7.95. The Hall–Kier alpha value is -0.780. The summed E-state index contributed by atoms with van der Waals surface area (Å²) < 4.78 is 0. The molecule has 122 valence electrons. The molecule has 0 spiro atoms. The molecule has 0 aromatic heterocycles. The first kappa shape index (κ1) is 16.1. The molecule has 2 saturated carbocycles. The summed E-state index contributed by atoms with van der Waals surface area (Å²) in [5.41, 5.74) is 1.59. The molecular formula is C22H34. The average molecular weight is 299 g/mol. The van der Waals surface area contributed by atoms with Gasteiger partial charge in [-0.1, -0.05) is 69.4 Å². The first-order valence-electron chi connectivity index (χ1n) is 9.91. The molecule has 0 saturated heterocycles. The standard InChI is InChI=1S/C22H34/c1-2-3-7-18-10-12-20(13-11-18)22-16-14-21(15-17-22)19-8-5-4-6-9-19/h4-6,8-9,18,20-22H,2-3,7,10-17H2,1H3/t18-,20-,21?,22?. The van der Waals surface area contributed by atoms with Gasteiger partial charge in [-0.3, -0.25) is 0 Å². The highest BCUT2D eigenvalue weighted by Crippen LogP contribution is 2.44. The van der Waals surface area contributed by atoms with Gasteiger partial charge < -0.3 is 0 Å². The Morgan fingerprint density at radius 1 is 0.773 bits per heavy atom. The molecule has 1 aromatic rings. The lowest BCUT2D eigenvalue weighted by Crippen LogP contribution is -2.25. The lowest BCUT2D eigenvalue weighted by atomic mass is 9.68. The third kappa shape index (κ3) is 4.15. The third-order valence-corrected chi connectivity index (χ3v) is 6.57. The lowest BCUT2D eigenvalue weighted by Gasteiger charge is -2.38. The Bertz CT molecular complexity index is 405. The molecule has 0 heterocycles. The maximum Gasteiger partial charge on any atom is -0.0162 e. The Morgan fingerprint density at radius 3 is 1.95 bits per heavy atom. The molecule has 0 N–H and O–H groups in total. The zero-order chi connectivity index (χ0) is 15.2. The quantitative estimate of drug-likeness (QED) is 0.551. The van der Waals surface area contributed by atoms with Crippen LogP contribution < -0.4 is 0 Å². The monoisotopic (exact) mass is 298 g/mol. The fraction of sp³-hybridized carbons (Fsp3) is 0.727. The van der Waals surface area contributed by atoms with E-state index in [0.29, 0.717) is 0 Å². The van der Waals surface area contributed by atoms with Gasteiger partial charge in [0, 0.05) is 0 Å². The number of benzene rings is 1. The Kier molecular flexibility index (Phi) is 5.98. The van der Waals surface area contributed by atoms with Crippen LogP contribution in [0.3, 0.4) is 0 Å². The van der Waals surface area contributed by atoms with E-state index in [9.17, 15) is 0 Å². The van der Waals surface area contributed by atoms with Crippen molar-refractivity contribution in [3.63, 3.8) is 0 Å². The molecule has 2 aliphatic carbocycles. The maximum atomic E-state index is 2.34. The van der Waals surface area contributed by atoms with Crippen LogP contribution in [-0.2, 0) is 0 Å². The van der Waals surface area contributed by atoms with Crippen molar-refractivity contribution >= 4 is 0 Å². The van der Waals surface area contributed by atoms with Gasteiger partial charge in [-0.05, 0) is 67.8 Å². The number of hydrogen-bond acceptors (Lipinski definition) is 0. The van der Waals surface area contributed by atoms with Crippen LogP contribution in [0.15, 0.2) is 30.3 Å². The molecule has 3 rings (SSSR count). The number of hydrogen-bond donors (Lipinski definition) is 0. The minimum atomic E-state index is 0.846. The summed E-state index contributed by atoms with van der Waals surface area (Å²) in [5, 5.41) is 0. The topological polar surface area (TPSA) is 0 Å². The van der Waals surface area contributed by atoms with E-state index >= 15 is 0 Å². The average Bonchev–Trinajstić information content (AvgIpc) is 2.61. The lowest BCUT2D eigenvalue weighted by molar-refractivity contribution is 0.156. The molecule has 0 amide bonds. The van der Waals surface area contributed by atoms with Crippen molar-refractivity contribution in [3.05, 3.63) is 35.9 Å². The van der Waals surface area contributed by atoms with Crippen LogP contribution in [0.25, 0.3) is 0 Å². The molecule has 0 atom stereocenters. The Morgan fingerprint density at radius 2 is 1.36 bits per heavy atom. The third-order valence-electron chi connectivity index (χ3n) is 6.57. The van der Waals surface area contributed by atoms with E-state index in [1.807, 2.05) is 0 Å². The molecule has 0 unspecified atom stereocenters. The van der Waals surface area contributed by atoms with Gasteiger partial charge in [0.1, 0.15) is 0 Å². The summed E-state index contributed by atoms with van der Waals surface area (Å²) >= 11 is 0. The maximum absolute atomic E-state index is 2.34. The zero-order valence-electron chi connectivity index (χ0n) is 14.5. The minimum absolute atomic E-state index is 0.846. The van der Waals surface area contributed by atoms with Gasteiger partial charge in [0.25, 0.3) is 0 Å². The van der Waals surface area contributed by atoms with Crippen molar-refractivity contribution in [2.75, 3.05) is 0 Å². The van der Waals surface area contributed by atoms with E-state index in [0.717, 1.165) is 23.7 Å². The van der Waals surface area contributed by atoms with E-state index in [1.165, 1.54) is 70.6 Å². The summed E-state index contributed by atoms with van der Waals surface area (Å²) in [4.78, 5) is 0. The summed E-state index contributed by atoms with van der Waals surface area (Å²) in [6.07, 6.45) is 16.3. The van der Waals surface area contributed by atoms with E-state index in [1.54, 1.807) is 5.56 Å².